The van der Waals surface area contributed by atoms with Crippen molar-refractivity contribution >= 4 is 0 Å². The molecular weight excluding hydrogens is 213 g/mol. The molecule has 0 aromatic carbocycles. The molecule has 0 aliphatic rings. The van der Waals surface area contributed by atoms with E-state index in [-0.39, 0.29) is 12.5 Å². The van der Waals surface area contributed by atoms with Crippen molar-refractivity contribution in [1.29, 1.82) is 0 Å². The highest BCUT2D eigenvalue weighted by molar-refractivity contribution is 5.06. The number of aliphatic hydroxyl groups excluding tert-OH is 1. The summed E-state index contributed by atoms with van der Waals surface area (Å²) in [4.78, 5) is 7.35. The first-order valence-electron chi connectivity index (χ1n) is 4.12. The van der Waals surface area contributed by atoms with Crippen molar-refractivity contribution in [2.75, 3.05) is 6.61 Å². The van der Waals surface area contributed by atoms with Gasteiger partial charge in [-0.2, -0.15) is 13.2 Å². The summed E-state index contributed by atoms with van der Waals surface area (Å²) in [6.07, 6.45) is -2.86. The fourth-order valence-corrected chi connectivity index (χ4v) is 0.770. The summed E-state index contributed by atoms with van der Waals surface area (Å²) in [7, 11) is 0. The topological polar surface area (TPSA) is 55.2 Å². The molecule has 0 aliphatic carbocycles. The van der Waals surface area contributed by atoms with E-state index >= 15 is 0 Å². The predicted molar refractivity (Wildman–Crippen MR) is 44.1 cm³/mol. The Bertz CT molecular complexity index is 300. The second-order valence-electron chi connectivity index (χ2n) is 2.72. The van der Waals surface area contributed by atoms with Crippen LogP contribution in [0.15, 0.2) is 12.4 Å². The Morgan fingerprint density at radius 3 is 2.47 bits per heavy atom. The number of aliphatic hydroxyl groups is 1. The summed E-state index contributed by atoms with van der Waals surface area (Å²) in [5.74, 6) is 0.0106. The van der Waals surface area contributed by atoms with Crippen LogP contribution in [-0.4, -0.2) is 27.9 Å². The van der Waals surface area contributed by atoms with Crippen molar-refractivity contribution < 1.29 is 23.0 Å². The van der Waals surface area contributed by atoms with E-state index in [9.17, 15) is 13.2 Å². The Labute approximate surface area is 83.7 Å². The van der Waals surface area contributed by atoms with E-state index < -0.39 is 19.2 Å². The van der Waals surface area contributed by atoms with Gasteiger partial charge < -0.3 is 9.84 Å². The third-order valence-electron chi connectivity index (χ3n) is 1.48. The minimum Gasteiger partial charge on any atom is -0.476 e. The third-order valence-corrected chi connectivity index (χ3v) is 1.48. The molecule has 1 N–H and O–H groups in total. The predicted octanol–water partition coefficient (Wildman–Crippen LogP) is 1.30. The van der Waals surface area contributed by atoms with Gasteiger partial charge in [0.25, 0.3) is 0 Å². The van der Waals surface area contributed by atoms with Crippen molar-refractivity contribution in [3.05, 3.63) is 18.1 Å². The summed E-state index contributed by atoms with van der Waals surface area (Å²) >= 11 is 0. The van der Waals surface area contributed by atoms with Gasteiger partial charge >= 0.3 is 6.18 Å². The molecular formula is C8H9F3N2O2. The molecule has 7 heteroatoms. The highest BCUT2D eigenvalue weighted by Crippen LogP contribution is 2.19. The van der Waals surface area contributed by atoms with E-state index in [1.807, 2.05) is 0 Å². The Balaban J connectivity index is 2.38. The minimum atomic E-state index is -4.24. The Kier molecular flexibility index (Phi) is 3.84. The van der Waals surface area contributed by atoms with Crippen molar-refractivity contribution in [3.8, 4) is 5.88 Å². The quantitative estimate of drug-likeness (QED) is 0.834. The van der Waals surface area contributed by atoms with Gasteiger partial charge in [-0.3, -0.25) is 4.98 Å². The van der Waals surface area contributed by atoms with Crippen LogP contribution < -0.4 is 4.74 Å². The zero-order chi connectivity index (χ0) is 11.3. The van der Waals surface area contributed by atoms with Gasteiger partial charge in [-0.15, -0.1) is 0 Å². The van der Waals surface area contributed by atoms with Gasteiger partial charge in [0.15, 0.2) is 0 Å². The average Bonchev–Trinajstić information content (AvgIpc) is 2.17. The lowest BCUT2D eigenvalue weighted by molar-refractivity contribution is -0.139. The summed E-state index contributed by atoms with van der Waals surface area (Å²) in [5, 5.41) is 8.62. The minimum absolute atomic E-state index is 0.0106. The standard InChI is InChI=1S/C8H9F3N2O2/c9-8(10,11)1-2-15-7-4-12-6(5-14)3-13-7/h3-4,14H,1-2,5H2. The van der Waals surface area contributed by atoms with E-state index in [1.165, 1.54) is 12.4 Å². The number of halogens is 3. The number of alkyl halides is 3. The van der Waals surface area contributed by atoms with Crippen molar-refractivity contribution in [2.24, 2.45) is 0 Å². The smallest absolute Gasteiger partial charge is 0.392 e. The number of hydrogen-bond donors (Lipinski definition) is 1. The first-order chi connectivity index (χ1) is 7.01. The first-order valence-corrected chi connectivity index (χ1v) is 4.12. The van der Waals surface area contributed by atoms with Gasteiger partial charge in [0.1, 0.15) is 0 Å². The molecule has 0 aliphatic heterocycles. The maximum absolute atomic E-state index is 11.7. The van der Waals surface area contributed by atoms with E-state index in [0.717, 1.165) is 0 Å². The lowest BCUT2D eigenvalue weighted by Gasteiger charge is -2.07. The highest BCUT2D eigenvalue weighted by atomic mass is 19.4. The first kappa shape index (κ1) is 11.7. The number of aromatic nitrogens is 2. The summed E-state index contributed by atoms with van der Waals surface area (Å²) < 4.78 is 39.9. The van der Waals surface area contributed by atoms with Gasteiger partial charge in [-0.1, -0.05) is 0 Å². The second-order valence-corrected chi connectivity index (χ2v) is 2.72. The normalized spacial score (nSPS) is 11.5. The Hall–Kier alpha value is -1.37. The Morgan fingerprint density at radius 2 is 2.00 bits per heavy atom. The maximum atomic E-state index is 11.7. The lowest BCUT2D eigenvalue weighted by atomic mass is 10.4. The van der Waals surface area contributed by atoms with Crippen LogP contribution in [0, 0.1) is 0 Å². The fourth-order valence-electron chi connectivity index (χ4n) is 0.770. The molecule has 0 fully saturated rings. The number of rotatable bonds is 4. The van der Waals surface area contributed by atoms with Crippen LogP contribution in [0.5, 0.6) is 5.88 Å². The van der Waals surface area contributed by atoms with Crippen molar-refractivity contribution in [2.45, 2.75) is 19.2 Å². The SMILES string of the molecule is OCc1cnc(OCCC(F)(F)F)cn1. The van der Waals surface area contributed by atoms with Crippen LogP contribution in [0.3, 0.4) is 0 Å². The number of ether oxygens (including phenoxy) is 1. The molecule has 0 saturated carbocycles. The van der Waals surface area contributed by atoms with Gasteiger partial charge in [0.2, 0.25) is 5.88 Å². The zero-order valence-electron chi connectivity index (χ0n) is 7.66. The molecule has 1 aromatic heterocycles. The molecule has 4 nitrogen and oxygen atoms in total. The Morgan fingerprint density at radius 1 is 1.27 bits per heavy atom. The van der Waals surface area contributed by atoms with Gasteiger partial charge in [-0.25, -0.2) is 4.98 Å². The molecule has 0 amide bonds. The molecule has 1 rings (SSSR count). The van der Waals surface area contributed by atoms with E-state index in [0.29, 0.717) is 5.69 Å². The zero-order valence-corrected chi connectivity index (χ0v) is 7.66. The summed E-state index contributed by atoms with van der Waals surface area (Å²) in [6.45, 7) is -0.757. The molecule has 0 saturated heterocycles. The molecule has 0 unspecified atom stereocenters. The van der Waals surface area contributed by atoms with Crippen LogP contribution in [0.1, 0.15) is 12.1 Å². The lowest BCUT2D eigenvalue weighted by Crippen LogP contribution is -2.13. The van der Waals surface area contributed by atoms with E-state index in [4.69, 9.17) is 9.84 Å². The van der Waals surface area contributed by atoms with Gasteiger partial charge in [-0.05, 0) is 0 Å². The van der Waals surface area contributed by atoms with Crippen LogP contribution >= 0.6 is 0 Å². The van der Waals surface area contributed by atoms with Crippen LogP contribution in [0.4, 0.5) is 13.2 Å². The molecule has 1 heterocycles. The van der Waals surface area contributed by atoms with E-state index in [2.05, 4.69) is 9.97 Å². The van der Waals surface area contributed by atoms with Crippen LogP contribution in [-0.2, 0) is 6.61 Å². The maximum Gasteiger partial charge on any atom is 0.392 e. The molecule has 0 bridgehead atoms. The monoisotopic (exact) mass is 222 g/mol. The fraction of sp³-hybridized carbons (Fsp3) is 0.500. The van der Waals surface area contributed by atoms with Gasteiger partial charge in [0, 0.05) is 0 Å². The molecule has 0 atom stereocenters. The summed E-state index contributed by atoms with van der Waals surface area (Å²) in [6, 6.07) is 0. The number of nitrogens with zero attached hydrogens (tertiary/aromatic N) is 2. The van der Waals surface area contributed by atoms with Crippen LogP contribution in [0.25, 0.3) is 0 Å². The molecule has 84 valence electrons. The third kappa shape index (κ3) is 4.59. The molecule has 0 radical (unpaired) electrons. The van der Waals surface area contributed by atoms with Crippen molar-refractivity contribution in [1.82, 2.24) is 9.97 Å². The highest BCUT2D eigenvalue weighted by Gasteiger charge is 2.26. The number of hydrogen-bond acceptors (Lipinski definition) is 4. The van der Waals surface area contributed by atoms with Crippen molar-refractivity contribution in [3.63, 3.8) is 0 Å². The second kappa shape index (κ2) is 4.92. The molecule has 15 heavy (non-hydrogen) atoms. The summed E-state index contributed by atoms with van der Waals surface area (Å²) in [5.41, 5.74) is 0.332. The average molecular weight is 222 g/mol. The molecule has 1 aromatic rings. The largest absolute Gasteiger partial charge is 0.476 e. The molecule has 0 spiro atoms. The van der Waals surface area contributed by atoms with E-state index in [1.54, 1.807) is 0 Å². The van der Waals surface area contributed by atoms with Crippen LogP contribution in [0.2, 0.25) is 0 Å². The van der Waals surface area contributed by atoms with Gasteiger partial charge in [0.05, 0.1) is 37.7 Å².